The fourth-order valence-corrected chi connectivity index (χ4v) is 1.85. The molecule has 0 aliphatic carbocycles. The molecular formula is C15H13NO3. The molecule has 1 unspecified atom stereocenters. The van der Waals surface area contributed by atoms with Gasteiger partial charge in [0, 0.05) is 11.1 Å². The Hall–Kier alpha value is -2.46. The number of carbonyl (C=O) groups is 2. The van der Waals surface area contributed by atoms with Crippen molar-refractivity contribution in [1.82, 2.24) is 0 Å². The van der Waals surface area contributed by atoms with Gasteiger partial charge in [0.2, 0.25) is 5.91 Å². The summed E-state index contributed by atoms with van der Waals surface area (Å²) in [6.07, 6.45) is -1.30. The standard InChI is InChI=1S/C15H13NO3/c16-15(19)12-9-5-4-8-11(12)14(18)13(17)10-6-2-1-3-7-10/h1-9,13,17H,(H2,16,19). The van der Waals surface area contributed by atoms with Gasteiger partial charge in [0.05, 0.1) is 0 Å². The quantitative estimate of drug-likeness (QED) is 0.816. The van der Waals surface area contributed by atoms with Gasteiger partial charge in [-0.25, -0.2) is 0 Å². The Bertz CT molecular complexity index is 608. The van der Waals surface area contributed by atoms with Gasteiger partial charge in [-0.05, 0) is 11.6 Å². The number of benzene rings is 2. The number of nitrogens with two attached hydrogens (primary N) is 1. The fraction of sp³-hybridized carbons (Fsp3) is 0.0667. The lowest BCUT2D eigenvalue weighted by Gasteiger charge is -2.11. The maximum Gasteiger partial charge on any atom is 0.249 e. The Morgan fingerprint density at radius 2 is 1.42 bits per heavy atom. The minimum Gasteiger partial charge on any atom is -0.380 e. The Kier molecular flexibility index (Phi) is 3.73. The Balaban J connectivity index is 2.38. The van der Waals surface area contributed by atoms with E-state index in [0.717, 1.165) is 0 Å². The van der Waals surface area contributed by atoms with E-state index in [-0.39, 0.29) is 11.1 Å². The first-order valence-corrected chi connectivity index (χ1v) is 5.77. The van der Waals surface area contributed by atoms with E-state index in [0.29, 0.717) is 5.56 Å². The second-order valence-corrected chi connectivity index (χ2v) is 4.09. The zero-order valence-corrected chi connectivity index (χ0v) is 10.1. The van der Waals surface area contributed by atoms with Gasteiger partial charge in [-0.2, -0.15) is 0 Å². The lowest BCUT2D eigenvalue weighted by atomic mass is 9.96. The normalized spacial score (nSPS) is 11.8. The number of hydrogen-bond donors (Lipinski definition) is 2. The average Bonchev–Trinajstić information content (AvgIpc) is 2.46. The van der Waals surface area contributed by atoms with Crippen LogP contribution in [0.1, 0.15) is 32.4 Å². The third-order valence-electron chi connectivity index (χ3n) is 2.82. The maximum absolute atomic E-state index is 12.2. The van der Waals surface area contributed by atoms with Crippen molar-refractivity contribution in [3.05, 3.63) is 71.3 Å². The molecule has 0 heterocycles. The van der Waals surface area contributed by atoms with Gasteiger partial charge in [0.25, 0.3) is 0 Å². The van der Waals surface area contributed by atoms with E-state index < -0.39 is 17.8 Å². The molecule has 0 saturated carbocycles. The summed E-state index contributed by atoms with van der Waals surface area (Å²) in [6, 6.07) is 14.7. The smallest absolute Gasteiger partial charge is 0.249 e. The number of aliphatic hydroxyl groups is 1. The molecule has 4 nitrogen and oxygen atoms in total. The molecule has 0 saturated heterocycles. The third kappa shape index (κ3) is 2.69. The highest BCUT2D eigenvalue weighted by atomic mass is 16.3. The minimum atomic E-state index is -1.30. The summed E-state index contributed by atoms with van der Waals surface area (Å²) < 4.78 is 0. The lowest BCUT2D eigenvalue weighted by molar-refractivity contribution is 0.0743. The van der Waals surface area contributed by atoms with Crippen LogP contribution < -0.4 is 5.73 Å². The van der Waals surface area contributed by atoms with Crippen LogP contribution in [-0.2, 0) is 0 Å². The zero-order valence-electron chi connectivity index (χ0n) is 10.1. The molecule has 2 aromatic rings. The number of carbonyl (C=O) groups excluding carboxylic acids is 2. The molecule has 96 valence electrons. The van der Waals surface area contributed by atoms with Crippen molar-refractivity contribution in [2.45, 2.75) is 6.10 Å². The monoisotopic (exact) mass is 255 g/mol. The van der Waals surface area contributed by atoms with E-state index in [1.807, 2.05) is 0 Å². The second kappa shape index (κ2) is 5.46. The van der Waals surface area contributed by atoms with E-state index in [9.17, 15) is 14.7 Å². The molecule has 0 spiro atoms. The molecule has 2 aromatic carbocycles. The molecule has 19 heavy (non-hydrogen) atoms. The van der Waals surface area contributed by atoms with Crippen molar-refractivity contribution in [1.29, 1.82) is 0 Å². The Labute approximate surface area is 110 Å². The van der Waals surface area contributed by atoms with Crippen LogP contribution in [-0.4, -0.2) is 16.8 Å². The van der Waals surface area contributed by atoms with Gasteiger partial charge in [0.15, 0.2) is 5.78 Å². The van der Waals surface area contributed by atoms with Gasteiger partial charge in [0.1, 0.15) is 6.10 Å². The van der Waals surface area contributed by atoms with Crippen LogP contribution in [0.15, 0.2) is 54.6 Å². The molecule has 1 amide bonds. The zero-order chi connectivity index (χ0) is 13.8. The molecule has 0 aliphatic rings. The van der Waals surface area contributed by atoms with Crippen LogP contribution in [0.5, 0.6) is 0 Å². The molecule has 4 heteroatoms. The first-order chi connectivity index (χ1) is 9.11. The van der Waals surface area contributed by atoms with Crippen LogP contribution in [0.3, 0.4) is 0 Å². The topological polar surface area (TPSA) is 80.4 Å². The summed E-state index contributed by atoms with van der Waals surface area (Å²) in [5.74, 6) is -1.23. The number of aliphatic hydroxyl groups excluding tert-OH is 1. The lowest BCUT2D eigenvalue weighted by Crippen LogP contribution is -2.19. The van der Waals surface area contributed by atoms with E-state index in [2.05, 4.69) is 0 Å². The number of amides is 1. The number of hydrogen-bond acceptors (Lipinski definition) is 3. The fourth-order valence-electron chi connectivity index (χ4n) is 1.85. The molecule has 0 aromatic heterocycles. The molecule has 0 aliphatic heterocycles. The molecular weight excluding hydrogens is 242 g/mol. The van der Waals surface area contributed by atoms with Crippen molar-refractivity contribution in [2.24, 2.45) is 5.73 Å². The van der Waals surface area contributed by atoms with Crippen LogP contribution in [0.25, 0.3) is 0 Å². The predicted molar refractivity (Wildman–Crippen MR) is 70.7 cm³/mol. The van der Waals surface area contributed by atoms with Gasteiger partial charge in [-0.3, -0.25) is 9.59 Å². The van der Waals surface area contributed by atoms with Crippen LogP contribution in [0.4, 0.5) is 0 Å². The first kappa shape index (κ1) is 13.0. The maximum atomic E-state index is 12.2. The number of ketones is 1. The summed E-state index contributed by atoms with van der Waals surface area (Å²) in [5.41, 5.74) is 5.94. The summed E-state index contributed by atoms with van der Waals surface area (Å²) in [5, 5.41) is 10.0. The predicted octanol–water partition coefficient (Wildman–Crippen LogP) is 1.70. The van der Waals surface area contributed by atoms with Crippen molar-refractivity contribution in [3.8, 4) is 0 Å². The summed E-state index contributed by atoms with van der Waals surface area (Å²) in [4.78, 5) is 23.5. The van der Waals surface area contributed by atoms with E-state index in [4.69, 9.17) is 5.73 Å². The average molecular weight is 255 g/mol. The van der Waals surface area contributed by atoms with Gasteiger partial charge < -0.3 is 10.8 Å². The van der Waals surface area contributed by atoms with E-state index in [1.54, 1.807) is 42.5 Å². The van der Waals surface area contributed by atoms with E-state index in [1.165, 1.54) is 12.1 Å². The van der Waals surface area contributed by atoms with Gasteiger partial charge >= 0.3 is 0 Å². The van der Waals surface area contributed by atoms with E-state index >= 15 is 0 Å². The van der Waals surface area contributed by atoms with Crippen molar-refractivity contribution < 1.29 is 14.7 Å². The van der Waals surface area contributed by atoms with Crippen LogP contribution in [0.2, 0.25) is 0 Å². The molecule has 2 rings (SSSR count). The number of primary amides is 1. The van der Waals surface area contributed by atoms with Crippen molar-refractivity contribution in [3.63, 3.8) is 0 Å². The molecule has 3 N–H and O–H groups in total. The highest BCUT2D eigenvalue weighted by Gasteiger charge is 2.22. The Morgan fingerprint density at radius 1 is 0.895 bits per heavy atom. The van der Waals surface area contributed by atoms with Gasteiger partial charge in [-0.15, -0.1) is 0 Å². The second-order valence-electron chi connectivity index (χ2n) is 4.09. The number of rotatable bonds is 4. The molecule has 0 fully saturated rings. The SMILES string of the molecule is NC(=O)c1ccccc1C(=O)C(O)c1ccccc1. The summed E-state index contributed by atoms with van der Waals surface area (Å²) in [6.45, 7) is 0. The largest absolute Gasteiger partial charge is 0.380 e. The van der Waals surface area contributed by atoms with Crippen LogP contribution >= 0.6 is 0 Å². The molecule has 1 atom stereocenters. The minimum absolute atomic E-state index is 0.113. The highest BCUT2D eigenvalue weighted by molar-refractivity contribution is 6.09. The summed E-state index contributed by atoms with van der Waals surface area (Å²) >= 11 is 0. The first-order valence-electron chi connectivity index (χ1n) is 5.77. The third-order valence-corrected chi connectivity index (χ3v) is 2.82. The Morgan fingerprint density at radius 3 is 2.00 bits per heavy atom. The van der Waals surface area contributed by atoms with Crippen molar-refractivity contribution in [2.75, 3.05) is 0 Å². The summed E-state index contributed by atoms with van der Waals surface area (Å²) in [7, 11) is 0. The van der Waals surface area contributed by atoms with Crippen molar-refractivity contribution >= 4 is 11.7 Å². The van der Waals surface area contributed by atoms with Gasteiger partial charge in [-0.1, -0.05) is 48.5 Å². The van der Waals surface area contributed by atoms with Crippen LogP contribution in [0, 0.1) is 0 Å². The number of Topliss-reactive ketones (excluding diaryl/α,β-unsaturated/α-hetero) is 1. The molecule has 0 bridgehead atoms. The highest BCUT2D eigenvalue weighted by Crippen LogP contribution is 2.20. The molecule has 0 radical (unpaired) electrons.